The van der Waals surface area contributed by atoms with Gasteiger partial charge in [0, 0.05) is 36.3 Å². The lowest BCUT2D eigenvalue weighted by molar-refractivity contribution is 0.0706. The van der Waals surface area contributed by atoms with Crippen LogP contribution in [0.2, 0.25) is 0 Å². The Morgan fingerprint density at radius 3 is 2.61 bits per heavy atom. The average Bonchev–Trinajstić information content (AvgIpc) is 2.74. The van der Waals surface area contributed by atoms with Crippen molar-refractivity contribution in [3.63, 3.8) is 0 Å². The largest absolute Gasteiger partial charge is 0.368 e. The zero-order valence-corrected chi connectivity index (χ0v) is 15.4. The Kier molecular flexibility index (Phi) is 5.02. The molecule has 1 atom stereocenters. The van der Waals surface area contributed by atoms with Crippen molar-refractivity contribution in [2.75, 3.05) is 18.8 Å². The molecular formula is C22H21FN4O. The predicted molar refractivity (Wildman–Crippen MR) is 106 cm³/mol. The zero-order valence-electron chi connectivity index (χ0n) is 15.4. The first-order chi connectivity index (χ1) is 13.6. The van der Waals surface area contributed by atoms with Gasteiger partial charge in [-0.2, -0.15) is 0 Å². The zero-order chi connectivity index (χ0) is 19.5. The molecule has 1 aliphatic heterocycles. The number of hydrogen-bond acceptors (Lipinski definition) is 4. The molecule has 2 aromatic carbocycles. The number of nitrogen functional groups attached to an aromatic ring is 1. The summed E-state index contributed by atoms with van der Waals surface area (Å²) < 4.78 is 13.3. The van der Waals surface area contributed by atoms with Crippen LogP contribution in [-0.4, -0.2) is 33.9 Å². The molecule has 6 heteroatoms. The number of nitrogens with two attached hydrogens (primary N) is 1. The van der Waals surface area contributed by atoms with Crippen LogP contribution in [0.4, 0.5) is 10.3 Å². The van der Waals surface area contributed by atoms with Crippen LogP contribution in [0.25, 0.3) is 11.1 Å². The molecule has 2 N–H and O–H groups in total. The van der Waals surface area contributed by atoms with Crippen LogP contribution in [0.15, 0.2) is 60.8 Å². The van der Waals surface area contributed by atoms with Crippen molar-refractivity contribution in [3.05, 3.63) is 77.9 Å². The molecule has 4 rings (SSSR count). The first-order valence-electron chi connectivity index (χ1n) is 9.34. The molecule has 5 nitrogen and oxygen atoms in total. The van der Waals surface area contributed by atoms with E-state index in [0.717, 1.165) is 36.2 Å². The number of nitrogens with zero attached hydrogens (tertiary/aromatic N) is 3. The van der Waals surface area contributed by atoms with E-state index >= 15 is 0 Å². The highest BCUT2D eigenvalue weighted by Gasteiger charge is 2.28. The molecule has 1 amide bonds. The van der Waals surface area contributed by atoms with E-state index in [1.54, 1.807) is 18.3 Å². The number of anilines is 1. The van der Waals surface area contributed by atoms with Gasteiger partial charge in [0.25, 0.3) is 5.91 Å². The summed E-state index contributed by atoms with van der Waals surface area (Å²) in [5.41, 5.74) is 9.02. The summed E-state index contributed by atoms with van der Waals surface area (Å²) in [7, 11) is 0. The maximum Gasteiger partial charge on any atom is 0.253 e. The summed E-state index contributed by atoms with van der Waals surface area (Å²) in [6.07, 6.45) is 3.47. The van der Waals surface area contributed by atoms with E-state index in [0.29, 0.717) is 12.1 Å². The minimum Gasteiger partial charge on any atom is -0.368 e. The van der Waals surface area contributed by atoms with E-state index in [9.17, 15) is 9.18 Å². The monoisotopic (exact) mass is 376 g/mol. The van der Waals surface area contributed by atoms with Crippen LogP contribution in [-0.2, 0) is 0 Å². The number of amides is 1. The van der Waals surface area contributed by atoms with Crippen molar-refractivity contribution in [2.24, 2.45) is 0 Å². The lowest BCUT2D eigenvalue weighted by atomic mass is 9.89. The third-order valence-electron chi connectivity index (χ3n) is 5.11. The number of piperidine rings is 1. The Hall–Kier alpha value is -3.28. The first kappa shape index (κ1) is 18.1. The minimum absolute atomic E-state index is 0.0238. The number of carbonyl (C=O) groups is 1. The van der Waals surface area contributed by atoms with E-state index < -0.39 is 0 Å². The summed E-state index contributed by atoms with van der Waals surface area (Å²) in [5, 5.41) is 0. The lowest BCUT2D eigenvalue weighted by Crippen LogP contribution is -2.39. The molecule has 142 valence electrons. The van der Waals surface area contributed by atoms with Crippen molar-refractivity contribution >= 4 is 11.9 Å². The molecule has 0 aliphatic carbocycles. The predicted octanol–water partition coefficient (Wildman–Crippen LogP) is 3.88. The normalized spacial score (nSPS) is 16.8. The van der Waals surface area contributed by atoms with Crippen LogP contribution in [0.3, 0.4) is 0 Å². The highest BCUT2D eigenvalue weighted by Crippen LogP contribution is 2.33. The fraction of sp³-hybridized carbons (Fsp3) is 0.227. The molecule has 1 unspecified atom stereocenters. The van der Waals surface area contributed by atoms with E-state index in [1.807, 2.05) is 35.2 Å². The fourth-order valence-electron chi connectivity index (χ4n) is 3.72. The maximum atomic E-state index is 13.3. The Morgan fingerprint density at radius 1 is 1.11 bits per heavy atom. The summed E-state index contributed by atoms with van der Waals surface area (Å²) >= 11 is 0. The van der Waals surface area contributed by atoms with Crippen LogP contribution in [0.5, 0.6) is 0 Å². The first-order valence-corrected chi connectivity index (χ1v) is 9.34. The van der Waals surface area contributed by atoms with Gasteiger partial charge in [-0.1, -0.05) is 30.3 Å². The topological polar surface area (TPSA) is 72.1 Å². The number of aromatic nitrogens is 2. The molecule has 0 bridgehead atoms. The van der Waals surface area contributed by atoms with E-state index in [1.165, 1.54) is 12.1 Å². The second-order valence-corrected chi connectivity index (χ2v) is 6.99. The van der Waals surface area contributed by atoms with Gasteiger partial charge in [-0.25, -0.2) is 14.4 Å². The highest BCUT2D eigenvalue weighted by atomic mass is 19.1. The molecule has 1 aromatic heterocycles. The Labute approximate surface area is 163 Å². The van der Waals surface area contributed by atoms with Gasteiger partial charge < -0.3 is 10.6 Å². The number of rotatable bonds is 3. The average molecular weight is 376 g/mol. The van der Waals surface area contributed by atoms with Gasteiger partial charge in [0.05, 0.1) is 5.69 Å². The van der Waals surface area contributed by atoms with Crippen molar-refractivity contribution in [2.45, 2.75) is 18.8 Å². The van der Waals surface area contributed by atoms with Crippen molar-refractivity contribution in [1.29, 1.82) is 0 Å². The van der Waals surface area contributed by atoms with Crippen LogP contribution >= 0.6 is 0 Å². The molecule has 2 heterocycles. The standard InChI is InChI=1S/C22H21FN4O/c23-18-10-8-15(9-11-18)19-13-25-22(24)26-20(19)17-7-4-12-27(14-17)21(28)16-5-2-1-3-6-16/h1-3,5-6,8-11,13,17H,4,7,12,14H2,(H2,24,25,26). The molecule has 0 radical (unpaired) electrons. The van der Waals surface area contributed by atoms with E-state index in [-0.39, 0.29) is 23.6 Å². The quantitative estimate of drug-likeness (QED) is 0.753. The smallest absolute Gasteiger partial charge is 0.253 e. The third-order valence-corrected chi connectivity index (χ3v) is 5.11. The molecule has 28 heavy (non-hydrogen) atoms. The van der Waals surface area contributed by atoms with Gasteiger partial charge in [-0.15, -0.1) is 0 Å². The molecule has 1 fully saturated rings. The van der Waals surface area contributed by atoms with Gasteiger partial charge in [0.1, 0.15) is 5.82 Å². The Morgan fingerprint density at radius 2 is 1.86 bits per heavy atom. The van der Waals surface area contributed by atoms with Gasteiger partial charge in [0.15, 0.2) is 0 Å². The molecule has 1 aliphatic rings. The fourth-order valence-corrected chi connectivity index (χ4v) is 3.72. The van der Waals surface area contributed by atoms with Crippen LogP contribution < -0.4 is 5.73 Å². The maximum absolute atomic E-state index is 13.3. The number of benzene rings is 2. The van der Waals surface area contributed by atoms with Gasteiger partial charge >= 0.3 is 0 Å². The van der Waals surface area contributed by atoms with E-state index in [4.69, 9.17) is 5.73 Å². The summed E-state index contributed by atoms with van der Waals surface area (Å²) in [4.78, 5) is 23.4. The van der Waals surface area contributed by atoms with Crippen molar-refractivity contribution < 1.29 is 9.18 Å². The van der Waals surface area contributed by atoms with Gasteiger partial charge in [-0.3, -0.25) is 4.79 Å². The van der Waals surface area contributed by atoms with Crippen LogP contribution in [0, 0.1) is 5.82 Å². The van der Waals surface area contributed by atoms with E-state index in [2.05, 4.69) is 9.97 Å². The molecule has 0 spiro atoms. The van der Waals surface area contributed by atoms with Crippen LogP contribution in [0.1, 0.15) is 34.8 Å². The SMILES string of the molecule is Nc1ncc(-c2ccc(F)cc2)c(C2CCCN(C(=O)c3ccccc3)C2)n1. The number of carbonyl (C=O) groups excluding carboxylic acids is 1. The second-order valence-electron chi connectivity index (χ2n) is 6.99. The number of halogens is 1. The molecule has 1 saturated heterocycles. The highest BCUT2D eigenvalue weighted by molar-refractivity contribution is 5.94. The summed E-state index contributed by atoms with van der Waals surface area (Å²) in [6, 6.07) is 15.6. The third kappa shape index (κ3) is 3.71. The van der Waals surface area contributed by atoms with Crippen molar-refractivity contribution in [1.82, 2.24) is 14.9 Å². The molecular weight excluding hydrogens is 355 g/mol. The Balaban J connectivity index is 1.64. The summed E-state index contributed by atoms with van der Waals surface area (Å²) in [5.74, 6) is -0.0197. The molecule has 0 saturated carbocycles. The Bertz CT molecular complexity index is 976. The second kappa shape index (κ2) is 7.76. The van der Waals surface area contributed by atoms with Gasteiger partial charge in [-0.05, 0) is 42.7 Å². The lowest BCUT2D eigenvalue weighted by Gasteiger charge is -2.33. The summed E-state index contributed by atoms with van der Waals surface area (Å²) in [6.45, 7) is 1.29. The molecule has 3 aromatic rings. The number of hydrogen-bond donors (Lipinski definition) is 1. The number of likely N-dealkylation sites (tertiary alicyclic amines) is 1. The minimum atomic E-state index is -0.293. The van der Waals surface area contributed by atoms with Crippen molar-refractivity contribution in [3.8, 4) is 11.1 Å². The van der Waals surface area contributed by atoms with Gasteiger partial charge in [0.2, 0.25) is 5.95 Å².